The van der Waals surface area contributed by atoms with Crippen molar-refractivity contribution in [3.05, 3.63) is 59.9 Å². The number of hydrogen-bond donors (Lipinski definition) is 1. The lowest BCUT2D eigenvalue weighted by atomic mass is 10.0. The largest absolute Gasteiger partial charge is 0.461 e. The molecule has 1 fully saturated rings. The zero-order valence-electron chi connectivity index (χ0n) is 15.4. The quantitative estimate of drug-likeness (QED) is 0.775. The molecule has 1 N–H and O–H groups in total. The smallest absolute Gasteiger partial charge is 0.307 e. The summed E-state index contributed by atoms with van der Waals surface area (Å²) in [6.07, 6.45) is 4.45. The predicted molar refractivity (Wildman–Crippen MR) is 103 cm³/mol. The monoisotopic (exact) mass is 353 g/mol. The number of esters is 1. The number of nitrogens with one attached hydrogen (secondary N) is 1. The standard InChI is InChI=1S/C21H27N3O2/c1-17-15-20(7-11-22-17)24-13-9-19(10-14-24)23-12-8-21(25)26-16-18-5-3-2-4-6-18/h2-7,11,15,19,23H,8-10,12-14,16H2,1H3. The summed E-state index contributed by atoms with van der Waals surface area (Å²) in [5.41, 5.74) is 3.32. The summed E-state index contributed by atoms with van der Waals surface area (Å²) >= 11 is 0. The van der Waals surface area contributed by atoms with Gasteiger partial charge in [-0.05, 0) is 37.5 Å². The summed E-state index contributed by atoms with van der Waals surface area (Å²) in [7, 11) is 0. The van der Waals surface area contributed by atoms with E-state index < -0.39 is 0 Å². The number of rotatable bonds is 7. The van der Waals surface area contributed by atoms with Crippen LogP contribution < -0.4 is 10.2 Å². The number of benzene rings is 1. The summed E-state index contributed by atoms with van der Waals surface area (Å²) in [6, 6.07) is 14.5. The first-order valence-corrected chi connectivity index (χ1v) is 9.31. The average Bonchev–Trinajstić information content (AvgIpc) is 2.68. The molecule has 2 aromatic rings. The highest BCUT2D eigenvalue weighted by Crippen LogP contribution is 2.20. The van der Waals surface area contributed by atoms with Crippen LogP contribution in [0.15, 0.2) is 48.7 Å². The number of aromatic nitrogens is 1. The van der Waals surface area contributed by atoms with Crippen LogP contribution in [0.2, 0.25) is 0 Å². The zero-order valence-corrected chi connectivity index (χ0v) is 15.4. The van der Waals surface area contributed by atoms with E-state index in [0.29, 0.717) is 25.6 Å². The van der Waals surface area contributed by atoms with Crippen molar-refractivity contribution in [2.45, 2.75) is 38.8 Å². The van der Waals surface area contributed by atoms with Gasteiger partial charge in [0.25, 0.3) is 0 Å². The Bertz CT molecular complexity index is 697. The Kier molecular flexibility index (Phi) is 6.61. The summed E-state index contributed by atoms with van der Waals surface area (Å²) in [5.74, 6) is -0.147. The first kappa shape index (κ1) is 18.4. The van der Waals surface area contributed by atoms with Gasteiger partial charge in [-0.1, -0.05) is 30.3 Å². The van der Waals surface area contributed by atoms with Crippen molar-refractivity contribution in [2.75, 3.05) is 24.5 Å². The molecule has 0 unspecified atom stereocenters. The molecule has 5 heteroatoms. The predicted octanol–water partition coefficient (Wildman–Crippen LogP) is 3.08. The van der Waals surface area contributed by atoms with Crippen molar-refractivity contribution in [3.8, 4) is 0 Å². The highest BCUT2D eigenvalue weighted by atomic mass is 16.5. The van der Waals surface area contributed by atoms with E-state index in [-0.39, 0.29) is 5.97 Å². The molecule has 1 aromatic carbocycles. The maximum Gasteiger partial charge on any atom is 0.307 e. The van der Waals surface area contributed by atoms with E-state index in [1.807, 2.05) is 43.5 Å². The lowest BCUT2D eigenvalue weighted by Crippen LogP contribution is -2.43. The van der Waals surface area contributed by atoms with E-state index in [9.17, 15) is 4.79 Å². The van der Waals surface area contributed by atoms with E-state index in [1.165, 1.54) is 5.69 Å². The van der Waals surface area contributed by atoms with Crippen LogP contribution in [0.25, 0.3) is 0 Å². The van der Waals surface area contributed by atoms with E-state index in [2.05, 4.69) is 27.3 Å². The van der Waals surface area contributed by atoms with Gasteiger partial charge in [0.15, 0.2) is 0 Å². The zero-order chi connectivity index (χ0) is 18.2. The van der Waals surface area contributed by atoms with Crippen LogP contribution >= 0.6 is 0 Å². The Morgan fingerprint density at radius 3 is 2.73 bits per heavy atom. The van der Waals surface area contributed by atoms with Crippen LogP contribution in [0.3, 0.4) is 0 Å². The minimum atomic E-state index is -0.147. The molecule has 138 valence electrons. The number of aryl methyl sites for hydroxylation is 1. The molecule has 5 nitrogen and oxygen atoms in total. The minimum Gasteiger partial charge on any atom is -0.461 e. The molecule has 0 aliphatic carbocycles. The molecule has 0 spiro atoms. The van der Waals surface area contributed by atoms with Crippen molar-refractivity contribution in [3.63, 3.8) is 0 Å². The summed E-state index contributed by atoms with van der Waals surface area (Å²) in [4.78, 5) is 18.5. The van der Waals surface area contributed by atoms with Gasteiger partial charge in [0.2, 0.25) is 0 Å². The number of pyridine rings is 1. The number of nitrogens with zero attached hydrogens (tertiary/aromatic N) is 2. The van der Waals surface area contributed by atoms with E-state index in [4.69, 9.17) is 4.74 Å². The fraction of sp³-hybridized carbons (Fsp3) is 0.429. The van der Waals surface area contributed by atoms with Gasteiger partial charge >= 0.3 is 5.97 Å². The first-order chi connectivity index (χ1) is 12.7. The SMILES string of the molecule is Cc1cc(N2CCC(NCCC(=O)OCc3ccccc3)CC2)ccn1. The first-order valence-electron chi connectivity index (χ1n) is 9.31. The van der Waals surface area contributed by atoms with Gasteiger partial charge in [-0.25, -0.2) is 0 Å². The molecule has 0 amide bonds. The summed E-state index contributed by atoms with van der Waals surface area (Å²) in [6.45, 7) is 5.10. The Labute approximate surface area is 155 Å². The molecule has 1 aromatic heterocycles. The third kappa shape index (κ3) is 5.56. The maximum absolute atomic E-state index is 11.9. The van der Waals surface area contributed by atoms with Crippen LogP contribution in [0, 0.1) is 6.92 Å². The number of piperidine rings is 1. The van der Waals surface area contributed by atoms with Crippen LogP contribution in [-0.2, 0) is 16.1 Å². The van der Waals surface area contributed by atoms with Gasteiger partial charge < -0.3 is 15.0 Å². The third-order valence-electron chi connectivity index (χ3n) is 4.75. The van der Waals surface area contributed by atoms with E-state index in [0.717, 1.165) is 37.2 Å². The Balaban J connectivity index is 1.32. The lowest BCUT2D eigenvalue weighted by molar-refractivity contribution is -0.144. The number of anilines is 1. The second-order valence-electron chi connectivity index (χ2n) is 6.77. The van der Waals surface area contributed by atoms with Crippen LogP contribution in [-0.4, -0.2) is 36.6 Å². The maximum atomic E-state index is 11.9. The molecule has 0 bridgehead atoms. The molecule has 1 aliphatic rings. The molecule has 1 saturated heterocycles. The molecular formula is C21H27N3O2. The highest BCUT2D eigenvalue weighted by Gasteiger charge is 2.19. The van der Waals surface area contributed by atoms with Crippen molar-refractivity contribution in [1.29, 1.82) is 0 Å². The van der Waals surface area contributed by atoms with Crippen LogP contribution in [0.5, 0.6) is 0 Å². The normalized spacial score (nSPS) is 15.0. The van der Waals surface area contributed by atoms with Gasteiger partial charge in [-0.2, -0.15) is 0 Å². The number of hydrogen-bond acceptors (Lipinski definition) is 5. The van der Waals surface area contributed by atoms with Gasteiger partial charge in [0.05, 0.1) is 6.42 Å². The Hall–Kier alpha value is -2.40. The molecule has 0 atom stereocenters. The fourth-order valence-corrected chi connectivity index (χ4v) is 3.26. The molecule has 0 radical (unpaired) electrons. The average molecular weight is 353 g/mol. The van der Waals surface area contributed by atoms with E-state index in [1.54, 1.807) is 0 Å². The van der Waals surface area contributed by atoms with Crippen molar-refractivity contribution in [1.82, 2.24) is 10.3 Å². The molecule has 1 aliphatic heterocycles. The molecule has 26 heavy (non-hydrogen) atoms. The molecule has 3 rings (SSSR count). The Morgan fingerprint density at radius 1 is 1.23 bits per heavy atom. The fourth-order valence-electron chi connectivity index (χ4n) is 3.26. The second-order valence-corrected chi connectivity index (χ2v) is 6.77. The number of carbonyl (C=O) groups excluding carboxylic acids is 1. The number of carbonyl (C=O) groups is 1. The van der Waals surface area contributed by atoms with Crippen molar-refractivity contribution in [2.24, 2.45) is 0 Å². The minimum absolute atomic E-state index is 0.147. The second kappa shape index (κ2) is 9.34. The van der Waals surface area contributed by atoms with Crippen molar-refractivity contribution < 1.29 is 9.53 Å². The van der Waals surface area contributed by atoms with Gasteiger partial charge in [-0.15, -0.1) is 0 Å². The highest BCUT2D eigenvalue weighted by molar-refractivity contribution is 5.69. The third-order valence-corrected chi connectivity index (χ3v) is 4.75. The summed E-state index contributed by atoms with van der Waals surface area (Å²) in [5, 5.41) is 3.49. The summed E-state index contributed by atoms with van der Waals surface area (Å²) < 4.78 is 5.31. The number of ether oxygens (including phenoxy) is 1. The lowest BCUT2D eigenvalue weighted by Gasteiger charge is -2.34. The van der Waals surface area contributed by atoms with Crippen LogP contribution in [0.4, 0.5) is 5.69 Å². The van der Waals surface area contributed by atoms with Crippen molar-refractivity contribution >= 4 is 11.7 Å². The van der Waals surface area contributed by atoms with Crippen LogP contribution in [0.1, 0.15) is 30.5 Å². The van der Waals surface area contributed by atoms with E-state index >= 15 is 0 Å². The topological polar surface area (TPSA) is 54.5 Å². The van der Waals surface area contributed by atoms with Gasteiger partial charge in [0, 0.05) is 43.3 Å². The molecule has 2 heterocycles. The molecular weight excluding hydrogens is 326 g/mol. The van der Waals surface area contributed by atoms with Gasteiger partial charge in [0.1, 0.15) is 6.61 Å². The Morgan fingerprint density at radius 2 is 2.00 bits per heavy atom. The van der Waals surface area contributed by atoms with Gasteiger partial charge in [-0.3, -0.25) is 9.78 Å². The molecule has 0 saturated carbocycles.